The van der Waals surface area contributed by atoms with Crippen molar-refractivity contribution in [2.24, 2.45) is 17.3 Å². The molecule has 2 rings (SSSR count). The average molecular weight is 361 g/mol. The number of ether oxygens (including phenoxy) is 1. The van der Waals surface area contributed by atoms with E-state index < -0.39 is 23.2 Å². The standard InChI is InChI=1S/C21H31NO4/c1-21(2,3)18(20(24)25)17-11-10-16(15-8-6-5-7-9-15)14-22(19(17)23)12-13-26-4/h5-9,16-18H,10-14H2,1-4H3,(H,24,25)/t16-,17+,18?/m0/s1. The van der Waals surface area contributed by atoms with Crippen LogP contribution in [0.3, 0.4) is 0 Å². The summed E-state index contributed by atoms with van der Waals surface area (Å²) in [6.45, 7) is 7.26. The Bertz CT molecular complexity index is 608. The summed E-state index contributed by atoms with van der Waals surface area (Å²) in [5.41, 5.74) is 0.720. The van der Waals surface area contributed by atoms with Gasteiger partial charge in [0.1, 0.15) is 0 Å². The Morgan fingerprint density at radius 3 is 2.46 bits per heavy atom. The summed E-state index contributed by atoms with van der Waals surface area (Å²) in [5, 5.41) is 9.82. The van der Waals surface area contributed by atoms with Crippen LogP contribution in [-0.4, -0.2) is 48.7 Å². The summed E-state index contributed by atoms with van der Waals surface area (Å²) < 4.78 is 5.17. The van der Waals surface area contributed by atoms with E-state index in [0.29, 0.717) is 26.1 Å². The van der Waals surface area contributed by atoms with Crippen LogP contribution in [0, 0.1) is 17.3 Å². The van der Waals surface area contributed by atoms with Gasteiger partial charge in [-0.05, 0) is 23.8 Å². The van der Waals surface area contributed by atoms with Crippen molar-refractivity contribution in [3.8, 4) is 0 Å². The lowest BCUT2D eigenvalue weighted by Crippen LogP contribution is -2.45. The molecule has 1 aromatic carbocycles. The van der Waals surface area contributed by atoms with Gasteiger partial charge in [-0.15, -0.1) is 0 Å². The highest BCUT2D eigenvalue weighted by Crippen LogP contribution is 2.39. The van der Waals surface area contributed by atoms with Crippen LogP contribution in [0.5, 0.6) is 0 Å². The predicted molar refractivity (Wildman–Crippen MR) is 101 cm³/mol. The van der Waals surface area contributed by atoms with E-state index in [4.69, 9.17) is 4.74 Å². The largest absolute Gasteiger partial charge is 0.481 e. The van der Waals surface area contributed by atoms with Crippen molar-refractivity contribution in [1.82, 2.24) is 4.90 Å². The number of methoxy groups -OCH3 is 1. The van der Waals surface area contributed by atoms with Crippen molar-refractivity contribution in [2.45, 2.75) is 39.5 Å². The molecular formula is C21H31NO4. The molecule has 0 radical (unpaired) electrons. The second kappa shape index (κ2) is 8.67. The van der Waals surface area contributed by atoms with E-state index in [0.717, 1.165) is 6.42 Å². The summed E-state index contributed by atoms with van der Waals surface area (Å²) in [4.78, 5) is 27.0. The molecule has 1 amide bonds. The molecule has 144 valence electrons. The van der Waals surface area contributed by atoms with Crippen molar-refractivity contribution < 1.29 is 19.4 Å². The molecule has 0 aromatic heterocycles. The minimum atomic E-state index is -0.888. The number of hydrogen-bond donors (Lipinski definition) is 1. The molecule has 0 aliphatic carbocycles. The van der Waals surface area contributed by atoms with Gasteiger partial charge in [-0.2, -0.15) is 0 Å². The lowest BCUT2D eigenvalue weighted by Gasteiger charge is -2.34. The third-order valence-electron chi connectivity index (χ3n) is 5.33. The van der Waals surface area contributed by atoms with Crippen LogP contribution in [0.4, 0.5) is 0 Å². The van der Waals surface area contributed by atoms with Gasteiger partial charge in [-0.3, -0.25) is 9.59 Å². The van der Waals surface area contributed by atoms with Crippen molar-refractivity contribution in [2.75, 3.05) is 26.8 Å². The number of hydrogen-bond acceptors (Lipinski definition) is 3. The molecule has 26 heavy (non-hydrogen) atoms. The van der Waals surface area contributed by atoms with Gasteiger partial charge < -0.3 is 14.7 Å². The Morgan fingerprint density at radius 1 is 1.27 bits per heavy atom. The molecular weight excluding hydrogens is 330 g/mol. The predicted octanol–water partition coefficient (Wildman–Crippen LogP) is 3.40. The maximum absolute atomic E-state index is 13.2. The van der Waals surface area contributed by atoms with Crippen LogP contribution in [0.1, 0.15) is 45.1 Å². The number of rotatable bonds is 6. The average Bonchev–Trinajstić information content (AvgIpc) is 2.73. The molecule has 0 bridgehead atoms. The zero-order valence-electron chi connectivity index (χ0n) is 16.3. The van der Waals surface area contributed by atoms with Gasteiger partial charge in [0.15, 0.2) is 0 Å². The first-order chi connectivity index (χ1) is 12.3. The highest BCUT2D eigenvalue weighted by molar-refractivity contribution is 5.85. The number of carboxylic acid groups (broad SMARTS) is 1. The Balaban J connectivity index is 2.33. The van der Waals surface area contributed by atoms with E-state index in [2.05, 4.69) is 12.1 Å². The first-order valence-corrected chi connectivity index (χ1v) is 9.31. The SMILES string of the molecule is COCCN1C[C@@H](c2ccccc2)CC[C@H](C(C(=O)O)C(C)(C)C)C1=O. The summed E-state index contributed by atoms with van der Waals surface area (Å²) in [5.74, 6) is -1.92. The summed E-state index contributed by atoms with van der Waals surface area (Å²) >= 11 is 0. The van der Waals surface area contributed by atoms with E-state index >= 15 is 0 Å². The van der Waals surface area contributed by atoms with Gasteiger partial charge in [0.2, 0.25) is 5.91 Å². The van der Waals surface area contributed by atoms with Crippen LogP contribution in [0.2, 0.25) is 0 Å². The molecule has 1 unspecified atom stereocenters. The summed E-state index contributed by atoms with van der Waals surface area (Å²) in [7, 11) is 1.61. The van der Waals surface area contributed by atoms with Gasteiger partial charge in [-0.1, -0.05) is 51.1 Å². The molecule has 1 saturated heterocycles. The number of aliphatic carboxylic acids is 1. The van der Waals surface area contributed by atoms with Crippen molar-refractivity contribution in [3.05, 3.63) is 35.9 Å². The van der Waals surface area contributed by atoms with Crippen LogP contribution in [0.25, 0.3) is 0 Å². The normalized spacial score (nSPS) is 22.8. The van der Waals surface area contributed by atoms with Crippen LogP contribution >= 0.6 is 0 Å². The molecule has 1 aromatic rings. The zero-order chi connectivity index (χ0) is 19.3. The molecule has 1 N–H and O–H groups in total. The van der Waals surface area contributed by atoms with Crippen molar-refractivity contribution in [1.29, 1.82) is 0 Å². The fraction of sp³-hybridized carbons (Fsp3) is 0.619. The number of carboxylic acids is 1. The molecule has 3 atom stereocenters. The maximum atomic E-state index is 13.2. The molecule has 1 aliphatic heterocycles. The molecule has 5 nitrogen and oxygen atoms in total. The highest BCUT2D eigenvalue weighted by Gasteiger charge is 2.44. The molecule has 0 saturated carbocycles. The third-order valence-corrected chi connectivity index (χ3v) is 5.33. The Hall–Kier alpha value is -1.88. The molecule has 1 heterocycles. The minimum absolute atomic E-state index is 0.0530. The van der Waals surface area contributed by atoms with Gasteiger partial charge in [0, 0.05) is 26.1 Å². The van der Waals surface area contributed by atoms with E-state index in [1.54, 1.807) is 12.0 Å². The highest BCUT2D eigenvalue weighted by atomic mass is 16.5. The van der Waals surface area contributed by atoms with E-state index in [9.17, 15) is 14.7 Å². The number of amides is 1. The maximum Gasteiger partial charge on any atom is 0.307 e. The van der Waals surface area contributed by atoms with Crippen molar-refractivity contribution in [3.63, 3.8) is 0 Å². The van der Waals surface area contributed by atoms with Gasteiger partial charge in [-0.25, -0.2) is 0 Å². The first kappa shape index (κ1) is 20.4. The van der Waals surface area contributed by atoms with Crippen LogP contribution in [0.15, 0.2) is 30.3 Å². The lowest BCUT2D eigenvalue weighted by molar-refractivity contribution is -0.155. The molecule has 5 heteroatoms. The summed E-state index contributed by atoms with van der Waals surface area (Å²) in [6, 6.07) is 10.2. The number of carbonyl (C=O) groups is 2. The second-order valence-electron chi connectivity index (χ2n) is 8.25. The van der Waals surface area contributed by atoms with Crippen LogP contribution in [-0.2, 0) is 14.3 Å². The summed E-state index contributed by atoms with van der Waals surface area (Å²) in [6.07, 6.45) is 1.40. The molecule has 0 spiro atoms. The monoisotopic (exact) mass is 361 g/mol. The lowest BCUT2D eigenvalue weighted by atomic mass is 9.71. The number of benzene rings is 1. The Labute approximate surface area is 156 Å². The topological polar surface area (TPSA) is 66.8 Å². The van der Waals surface area contributed by atoms with E-state index in [1.165, 1.54) is 5.56 Å². The fourth-order valence-corrected chi connectivity index (χ4v) is 4.04. The van der Waals surface area contributed by atoms with Crippen LogP contribution < -0.4 is 0 Å². The third kappa shape index (κ3) is 4.85. The van der Waals surface area contributed by atoms with Gasteiger partial charge in [0.25, 0.3) is 0 Å². The number of carbonyl (C=O) groups excluding carboxylic acids is 1. The number of likely N-dealkylation sites (tertiary alicyclic amines) is 1. The number of nitrogens with zero attached hydrogens (tertiary/aromatic N) is 1. The Kier molecular flexibility index (Phi) is 6.81. The van der Waals surface area contributed by atoms with E-state index in [1.807, 2.05) is 39.0 Å². The quantitative estimate of drug-likeness (QED) is 0.843. The minimum Gasteiger partial charge on any atom is -0.481 e. The van der Waals surface area contributed by atoms with Gasteiger partial charge in [0.05, 0.1) is 18.4 Å². The smallest absolute Gasteiger partial charge is 0.307 e. The van der Waals surface area contributed by atoms with E-state index in [-0.39, 0.29) is 11.8 Å². The van der Waals surface area contributed by atoms with Gasteiger partial charge >= 0.3 is 5.97 Å². The second-order valence-corrected chi connectivity index (χ2v) is 8.25. The zero-order valence-corrected chi connectivity index (χ0v) is 16.3. The molecule has 1 fully saturated rings. The first-order valence-electron chi connectivity index (χ1n) is 9.31. The fourth-order valence-electron chi connectivity index (χ4n) is 4.04. The Morgan fingerprint density at radius 2 is 1.92 bits per heavy atom. The van der Waals surface area contributed by atoms with Crippen molar-refractivity contribution >= 4 is 11.9 Å². The molecule has 1 aliphatic rings.